The third kappa shape index (κ3) is 2.47. The number of nitrogens with zero attached hydrogens (tertiary/aromatic N) is 2. The van der Waals surface area contributed by atoms with Crippen LogP contribution in [0.1, 0.15) is 20.3 Å². The number of nitrogens with one attached hydrogen (secondary N) is 1. The second kappa shape index (κ2) is 4.44. The highest BCUT2D eigenvalue weighted by Crippen LogP contribution is 2.05. The molecule has 3 nitrogen and oxygen atoms in total. The molecule has 1 rings (SSSR count). The van der Waals surface area contributed by atoms with Gasteiger partial charge in [-0.3, -0.25) is 4.90 Å². The van der Waals surface area contributed by atoms with Crippen LogP contribution in [0.15, 0.2) is 0 Å². The van der Waals surface area contributed by atoms with Crippen molar-refractivity contribution in [1.82, 2.24) is 10.2 Å². The number of hydrogen-bond donors (Lipinski definition) is 1. The SMILES string of the molecule is CC(C)N1CCNC(CC#N)C1. The molecule has 0 spiro atoms. The lowest BCUT2D eigenvalue weighted by Gasteiger charge is -2.35. The fraction of sp³-hybridized carbons (Fsp3) is 0.889. The molecular weight excluding hydrogens is 150 g/mol. The monoisotopic (exact) mass is 167 g/mol. The van der Waals surface area contributed by atoms with Gasteiger partial charge in [-0.2, -0.15) is 5.26 Å². The van der Waals surface area contributed by atoms with Gasteiger partial charge in [0, 0.05) is 31.7 Å². The number of nitriles is 1. The van der Waals surface area contributed by atoms with Gasteiger partial charge in [-0.25, -0.2) is 0 Å². The average Bonchev–Trinajstić information content (AvgIpc) is 2.05. The van der Waals surface area contributed by atoms with E-state index >= 15 is 0 Å². The molecule has 1 saturated heterocycles. The van der Waals surface area contributed by atoms with Gasteiger partial charge in [0.15, 0.2) is 0 Å². The summed E-state index contributed by atoms with van der Waals surface area (Å²) in [7, 11) is 0. The minimum absolute atomic E-state index is 0.381. The van der Waals surface area contributed by atoms with Gasteiger partial charge in [0.25, 0.3) is 0 Å². The Morgan fingerprint density at radius 3 is 3.00 bits per heavy atom. The number of piperazine rings is 1. The maximum absolute atomic E-state index is 8.53. The van der Waals surface area contributed by atoms with Crippen LogP contribution in [-0.2, 0) is 0 Å². The van der Waals surface area contributed by atoms with Crippen LogP contribution >= 0.6 is 0 Å². The summed E-state index contributed by atoms with van der Waals surface area (Å²) in [5.41, 5.74) is 0. The fourth-order valence-corrected chi connectivity index (χ4v) is 1.57. The van der Waals surface area contributed by atoms with Crippen LogP contribution in [-0.4, -0.2) is 36.6 Å². The molecule has 0 radical (unpaired) electrons. The smallest absolute Gasteiger partial charge is 0.0638 e. The van der Waals surface area contributed by atoms with E-state index in [1.54, 1.807) is 0 Å². The third-order valence-corrected chi connectivity index (χ3v) is 2.35. The standard InChI is InChI=1S/C9H17N3/c1-8(2)12-6-5-11-9(7-12)3-4-10/h8-9,11H,3,5-7H2,1-2H3. The summed E-state index contributed by atoms with van der Waals surface area (Å²) >= 11 is 0. The molecule has 0 amide bonds. The highest BCUT2D eigenvalue weighted by molar-refractivity contribution is 4.87. The summed E-state index contributed by atoms with van der Waals surface area (Å²) in [5, 5.41) is 11.9. The lowest BCUT2D eigenvalue weighted by Crippen LogP contribution is -2.52. The zero-order chi connectivity index (χ0) is 8.97. The Morgan fingerprint density at radius 2 is 2.42 bits per heavy atom. The molecule has 0 aromatic heterocycles. The normalized spacial score (nSPS) is 25.7. The molecule has 1 heterocycles. The minimum atomic E-state index is 0.381. The predicted octanol–water partition coefficient (Wildman–Crippen LogP) is 0.582. The lowest BCUT2D eigenvalue weighted by molar-refractivity contribution is 0.163. The largest absolute Gasteiger partial charge is 0.310 e. The highest BCUT2D eigenvalue weighted by Gasteiger charge is 2.20. The molecule has 12 heavy (non-hydrogen) atoms. The van der Waals surface area contributed by atoms with E-state index in [0.717, 1.165) is 19.6 Å². The molecular formula is C9H17N3. The zero-order valence-corrected chi connectivity index (χ0v) is 7.88. The van der Waals surface area contributed by atoms with E-state index in [-0.39, 0.29) is 0 Å². The van der Waals surface area contributed by atoms with Crippen molar-refractivity contribution in [3.8, 4) is 6.07 Å². The van der Waals surface area contributed by atoms with Crippen LogP contribution in [0.4, 0.5) is 0 Å². The molecule has 1 atom stereocenters. The Labute approximate surface area is 74.4 Å². The summed E-state index contributed by atoms with van der Waals surface area (Å²) in [6.45, 7) is 7.55. The zero-order valence-electron chi connectivity index (χ0n) is 7.88. The molecule has 0 bridgehead atoms. The van der Waals surface area contributed by atoms with Crippen LogP contribution in [0.25, 0.3) is 0 Å². The Hall–Kier alpha value is -0.590. The van der Waals surface area contributed by atoms with Gasteiger partial charge >= 0.3 is 0 Å². The summed E-state index contributed by atoms with van der Waals surface area (Å²) < 4.78 is 0. The van der Waals surface area contributed by atoms with Crippen LogP contribution in [0, 0.1) is 11.3 Å². The van der Waals surface area contributed by atoms with E-state index in [2.05, 4.69) is 30.1 Å². The first-order chi connectivity index (χ1) is 5.74. The maximum atomic E-state index is 8.53. The van der Waals surface area contributed by atoms with E-state index in [1.807, 2.05) is 0 Å². The number of hydrogen-bond acceptors (Lipinski definition) is 3. The van der Waals surface area contributed by atoms with E-state index in [9.17, 15) is 0 Å². The molecule has 0 aromatic carbocycles. The summed E-state index contributed by atoms with van der Waals surface area (Å²) in [6.07, 6.45) is 0.628. The van der Waals surface area contributed by atoms with Gasteiger partial charge in [-0.15, -0.1) is 0 Å². The summed E-state index contributed by atoms with van der Waals surface area (Å²) in [4.78, 5) is 2.42. The Kier molecular flexibility index (Phi) is 3.51. The molecule has 1 aliphatic heterocycles. The van der Waals surface area contributed by atoms with Crippen molar-refractivity contribution >= 4 is 0 Å². The first-order valence-corrected chi connectivity index (χ1v) is 4.58. The highest BCUT2D eigenvalue weighted by atomic mass is 15.2. The van der Waals surface area contributed by atoms with Gasteiger partial charge in [0.1, 0.15) is 0 Å². The molecule has 1 fully saturated rings. The Morgan fingerprint density at radius 1 is 1.67 bits per heavy atom. The van der Waals surface area contributed by atoms with E-state index in [1.165, 1.54) is 0 Å². The Balaban J connectivity index is 2.36. The van der Waals surface area contributed by atoms with Crippen LogP contribution < -0.4 is 5.32 Å². The molecule has 1 aliphatic rings. The second-order valence-corrected chi connectivity index (χ2v) is 3.60. The van der Waals surface area contributed by atoms with Crippen molar-refractivity contribution in [3.63, 3.8) is 0 Å². The third-order valence-electron chi connectivity index (χ3n) is 2.35. The average molecular weight is 167 g/mol. The van der Waals surface area contributed by atoms with Crippen molar-refractivity contribution < 1.29 is 0 Å². The quantitative estimate of drug-likeness (QED) is 0.654. The molecule has 1 unspecified atom stereocenters. The molecule has 68 valence electrons. The van der Waals surface area contributed by atoms with Crippen LogP contribution in [0.3, 0.4) is 0 Å². The predicted molar refractivity (Wildman–Crippen MR) is 48.7 cm³/mol. The van der Waals surface area contributed by atoms with Crippen molar-refractivity contribution in [2.24, 2.45) is 0 Å². The first kappa shape index (κ1) is 9.50. The van der Waals surface area contributed by atoms with Gasteiger partial charge in [-0.1, -0.05) is 0 Å². The fourth-order valence-electron chi connectivity index (χ4n) is 1.57. The summed E-state index contributed by atoms with van der Waals surface area (Å²) in [5.74, 6) is 0. The van der Waals surface area contributed by atoms with Crippen molar-refractivity contribution in [2.75, 3.05) is 19.6 Å². The van der Waals surface area contributed by atoms with E-state index < -0.39 is 0 Å². The number of rotatable bonds is 2. The summed E-state index contributed by atoms with van der Waals surface area (Å²) in [6, 6.07) is 3.19. The molecule has 1 N–H and O–H groups in total. The van der Waals surface area contributed by atoms with Gasteiger partial charge < -0.3 is 5.32 Å². The van der Waals surface area contributed by atoms with E-state index in [4.69, 9.17) is 5.26 Å². The first-order valence-electron chi connectivity index (χ1n) is 4.58. The lowest BCUT2D eigenvalue weighted by atomic mass is 10.1. The topological polar surface area (TPSA) is 39.1 Å². The molecule has 0 saturated carbocycles. The van der Waals surface area contributed by atoms with Crippen LogP contribution in [0.2, 0.25) is 0 Å². The maximum Gasteiger partial charge on any atom is 0.0638 e. The van der Waals surface area contributed by atoms with Crippen LogP contribution in [0.5, 0.6) is 0 Å². The molecule has 3 heteroatoms. The second-order valence-electron chi connectivity index (χ2n) is 3.60. The minimum Gasteiger partial charge on any atom is -0.310 e. The van der Waals surface area contributed by atoms with Gasteiger partial charge in [0.2, 0.25) is 0 Å². The van der Waals surface area contributed by atoms with Crippen molar-refractivity contribution in [2.45, 2.75) is 32.4 Å². The van der Waals surface area contributed by atoms with Gasteiger partial charge in [-0.05, 0) is 13.8 Å². The molecule has 0 aliphatic carbocycles. The molecule has 0 aromatic rings. The van der Waals surface area contributed by atoms with Gasteiger partial charge in [0.05, 0.1) is 12.5 Å². The van der Waals surface area contributed by atoms with Crippen molar-refractivity contribution in [1.29, 1.82) is 5.26 Å². The van der Waals surface area contributed by atoms with E-state index in [0.29, 0.717) is 18.5 Å². The Bertz CT molecular complexity index is 171. The van der Waals surface area contributed by atoms with Crippen molar-refractivity contribution in [3.05, 3.63) is 0 Å².